The lowest BCUT2D eigenvalue weighted by Crippen LogP contribution is -2.20. The maximum absolute atomic E-state index is 12.1. The summed E-state index contributed by atoms with van der Waals surface area (Å²) in [5.41, 5.74) is -1.21. The van der Waals surface area contributed by atoms with E-state index < -0.39 is 36.2 Å². The fraction of sp³-hybridized carbons (Fsp3) is 0.400. The fourth-order valence-corrected chi connectivity index (χ4v) is 1.32. The number of nitrogens with zero attached hydrogens (tertiary/aromatic N) is 1. The smallest absolute Gasteiger partial charge is 0.390 e. The number of carboxylic acids is 1. The third-order valence-electron chi connectivity index (χ3n) is 2.17. The molecule has 0 fully saturated rings. The first kappa shape index (κ1) is 14.1. The average molecular weight is 265 g/mol. The highest BCUT2D eigenvalue weighted by Crippen LogP contribution is 2.21. The van der Waals surface area contributed by atoms with Crippen molar-refractivity contribution in [2.75, 3.05) is 7.11 Å². The largest absolute Gasteiger partial charge is 0.491 e. The predicted octanol–water partition coefficient (Wildman–Crippen LogP) is 1.51. The molecule has 0 aromatic carbocycles. The van der Waals surface area contributed by atoms with Gasteiger partial charge in [0, 0.05) is 12.6 Å². The van der Waals surface area contributed by atoms with E-state index in [-0.39, 0.29) is 5.75 Å². The van der Waals surface area contributed by atoms with Gasteiger partial charge in [-0.05, 0) is 0 Å². The van der Waals surface area contributed by atoms with Crippen LogP contribution < -0.4 is 10.2 Å². The first-order valence-corrected chi connectivity index (χ1v) is 4.83. The number of aromatic nitrogens is 1. The Morgan fingerprint density at radius 1 is 1.50 bits per heavy atom. The molecule has 0 radical (unpaired) electrons. The highest BCUT2D eigenvalue weighted by atomic mass is 19.4. The van der Waals surface area contributed by atoms with E-state index in [0.29, 0.717) is 0 Å². The van der Waals surface area contributed by atoms with Crippen LogP contribution in [0.25, 0.3) is 0 Å². The van der Waals surface area contributed by atoms with Gasteiger partial charge in [-0.2, -0.15) is 13.2 Å². The molecule has 0 aliphatic carbocycles. The van der Waals surface area contributed by atoms with Crippen molar-refractivity contribution >= 4 is 5.97 Å². The third-order valence-corrected chi connectivity index (χ3v) is 2.17. The number of carbonyl (C=O) groups is 1. The SMILES string of the molecule is COc1cn(CCC(F)(F)F)c(C(=O)O)cc1=O. The Balaban J connectivity index is 3.14. The van der Waals surface area contributed by atoms with Crippen molar-refractivity contribution < 1.29 is 27.8 Å². The van der Waals surface area contributed by atoms with E-state index in [1.807, 2.05) is 0 Å². The Morgan fingerprint density at radius 3 is 2.56 bits per heavy atom. The number of pyridine rings is 1. The standard InChI is InChI=1S/C10H10F3NO4/c1-18-8-5-14(3-2-10(11,12)13)6(9(16)17)4-7(8)15/h4-5H,2-3H2,1H3,(H,16,17). The summed E-state index contributed by atoms with van der Waals surface area (Å²) in [5, 5.41) is 8.80. The molecule has 0 saturated heterocycles. The number of rotatable bonds is 4. The van der Waals surface area contributed by atoms with Crippen molar-refractivity contribution in [2.24, 2.45) is 0 Å². The molecule has 0 aliphatic heterocycles. The number of alkyl halides is 3. The monoisotopic (exact) mass is 265 g/mol. The van der Waals surface area contributed by atoms with Crippen LogP contribution in [0.3, 0.4) is 0 Å². The van der Waals surface area contributed by atoms with Gasteiger partial charge in [0.1, 0.15) is 5.69 Å². The molecule has 0 spiro atoms. The van der Waals surface area contributed by atoms with E-state index in [0.717, 1.165) is 16.8 Å². The van der Waals surface area contributed by atoms with Crippen LogP contribution in [0.2, 0.25) is 0 Å². The minimum atomic E-state index is -4.41. The van der Waals surface area contributed by atoms with Crippen LogP contribution in [-0.4, -0.2) is 28.9 Å². The molecule has 0 aliphatic rings. The highest BCUT2D eigenvalue weighted by Gasteiger charge is 2.27. The fourth-order valence-electron chi connectivity index (χ4n) is 1.32. The van der Waals surface area contributed by atoms with Crippen LogP contribution in [0.1, 0.15) is 16.9 Å². The molecule has 1 N–H and O–H groups in total. The predicted molar refractivity (Wildman–Crippen MR) is 54.9 cm³/mol. The topological polar surface area (TPSA) is 68.5 Å². The quantitative estimate of drug-likeness (QED) is 0.895. The zero-order valence-electron chi connectivity index (χ0n) is 9.32. The molecule has 100 valence electrons. The van der Waals surface area contributed by atoms with Crippen molar-refractivity contribution in [3.8, 4) is 5.75 Å². The molecule has 18 heavy (non-hydrogen) atoms. The molecule has 8 heteroatoms. The minimum Gasteiger partial charge on any atom is -0.491 e. The summed E-state index contributed by atoms with van der Waals surface area (Å²) in [6.07, 6.45) is -4.65. The molecular formula is C10H10F3NO4. The molecule has 0 unspecified atom stereocenters. The number of halogens is 3. The number of hydrogen-bond acceptors (Lipinski definition) is 3. The van der Waals surface area contributed by atoms with Crippen LogP contribution in [0.4, 0.5) is 13.2 Å². The van der Waals surface area contributed by atoms with Gasteiger partial charge in [0.2, 0.25) is 5.43 Å². The van der Waals surface area contributed by atoms with Crippen molar-refractivity contribution in [1.82, 2.24) is 4.57 Å². The molecule has 1 aromatic heterocycles. The first-order valence-electron chi connectivity index (χ1n) is 4.83. The Kier molecular flexibility index (Phi) is 4.00. The molecular weight excluding hydrogens is 255 g/mol. The van der Waals surface area contributed by atoms with Gasteiger partial charge in [0.25, 0.3) is 0 Å². The molecule has 1 heterocycles. The summed E-state index contributed by atoms with van der Waals surface area (Å²) < 4.78 is 41.7. The summed E-state index contributed by atoms with van der Waals surface area (Å²) >= 11 is 0. The van der Waals surface area contributed by atoms with Crippen molar-refractivity contribution in [3.63, 3.8) is 0 Å². The number of aryl methyl sites for hydroxylation is 1. The van der Waals surface area contributed by atoms with Gasteiger partial charge in [0.15, 0.2) is 5.75 Å². The normalized spacial score (nSPS) is 11.3. The number of ether oxygens (including phenoxy) is 1. The van der Waals surface area contributed by atoms with Crippen molar-refractivity contribution in [1.29, 1.82) is 0 Å². The van der Waals surface area contributed by atoms with E-state index >= 15 is 0 Å². The van der Waals surface area contributed by atoms with Crippen LogP contribution >= 0.6 is 0 Å². The van der Waals surface area contributed by atoms with Crippen molar-refractivity contribution in [2.45, 2.75) is 19.1 Å². The van der Waals surface area contributed by atoms with Crippen molar-refractivity contribution in [3.05, 3.63) is 28.2 Å². The van der Waals surface area contributed by atoms with Gasteiger partial charge < -0.3 is 14.4 Å². The molecule has 0 bridgehead atoms. The van der Waals surface area contributed by atoms with E-state index in [1.54, 1.807) is 0 Å². The van der Waals surface area contributed by atoms with Crippen LogP contribution in [0.5, 0.6) is 5.75 Å². The second kappa shape index (κ2) is 5.11. The lowest BCUT2D eigenvalue weighted by Gasteiger charge is -2.13. The first-order chi connectivity index (χ1) is 8.24. The van der Waals surface area contributed by atoms with E-state index in [4.69, 9.17) is 5.11 Å². The van der Waals surface area contributed by atoms with Gasteiger partial charge in [-0.3, -0.25) is 4.79 Å². The van der Waals surface area contributed by atoms with Crippen LogP contribution in [0, 0.1) is 0 Å². The third kappa shape index (κ3) is 3.51. The van der Waals surface area contributed by atoms with Gasteiger partial charge in [-0.15, -0.1) is 0 Å². The van der Waals surface area contributed by atoms with Gasteiger partial charge >= 0.3 is 12.1 Å². The molecule has 5 nitrogen and oxygen atoms in total. The Morgan fingerprint density at radius 2 is 2.11 bits per heavy atom. The number of methoxy groups -OCH3 is 1. The van der Waals surface area contributed by atoms with E-state index in [9.17, 15) is 22.8 Å². The molecule has 0 amide bonds. The summed E-state index contributed by atoms with van der Waals surface area (Å²) in [4.78, 5) is 22.1. The Hall–Kier alpha value is -1.99. The maximum atomic E-state index is 12.1. The Labute approximate surface area is 99.4 Å². The summed E-state index contributed by atoms with van der Waals surface area (Å²) in [6, 6.07) is 0.734. The van der Waals surface area contributed by atoms with Crippen LogP contribution in [-0.2, 0) is 6.54 Å². The lowest BCUT2D eigenvalue weighted by molar-refractivity contribution is -0.136. The van der Waals surface area contributed by atoms with Gasteiger partial charge in [-0.25, -0.2) is 4.79 Å². The summed E-state index contributed by atoms with van der Waals surface area (Å²) in [5.74, 6) is -1.68. The summed E-state index contributed by atoms with van der Waals surface area (Å²) in [6.45, 7) is -0.595. The number of carboxylic acid groups (broad SMARTS) is 1. The second-order valence-corrected chi connectivity index (χ2v) is 3.46. The lowest BCUT2D eigenvalue weighted by atomic mass is 10.3. The van der Waals surface area contributed by atoms with Gasteiger partial charge in [-0.1, -0.05) is 0 Å². The maximum Gasteiger partial charge on any atom is 0.390 e. The zero-order valence-corrected chi connectivity index (χ0v) is 9.32. The average Bonchev–Trinajstić information content (AvgIpc) is 2.25. The van der Waals surface area contributed by atoms with Gasteiger partial charge in [0.05, 0.1) is 19.7 Å². The highest BCUT2D eigenvalue weighted by molar-refractivity contribution is 5.85. The number of aromatic carboxylic acids is 1. The Bertz CT molecular complexity index is 507. The van der Waals surface area contributed by atoms with E-state index in [1.165, 1.54) is 7.11 Å². The second-order valence-electron chi connectivity index (χ2n) is 3.46. The number of hydrogen-bond donors (Lipinski definition) is 1. The molecule has 0 saturated carbocycles. The van der Waals surface area contributed by atoms with E-state index in [2.05, 4.69) is 4.74 Å². The van der Waals surface area contributed by atoms with Crippen LogP contribution in [0.15, 0.2) is 17.1 Å². The molecule has 1 rings (SSSR count). The summed E-state index contributed by atoms with van der Waals surface area (Å²) in [7, 11) is 1.17. The molecule has 0 atom stereocenters. The zero-order chi connectivity index (χ0) is 13.9. The minimum absolute atomic E-state index is 0.206. The molecule has 1 aromatic rings.